The van der Waals surface area contributed by atoms with Crippen molar-refractivity contribution in [3.05, 3.63) is 36.7 Å². The van der Waals surface area contributed by atoms with Crippen LogP contribution >= 0.6 is 46.1 Å². The number of nitrogens with one attached hydrogen (secondary N) is 1. The fraction of sp³-hybridized carbons (Fsp3) is 0.462. The van der Waals surface area contributed by atoms with E-state index in [1.807, 2.05) is 24.7 Å². The summed E-state index contributed by atoms with van der Waals surface area (Å²) in [6.07, 6.45) is 0.719. The molecule has 1 N–H and O–H groups in total. The molecule has 2 aromatic rings. The number of rotatable bonds is 5. The van der Waals surface area contributed by atoms with Gasteiger partial charge in [0.2, 0.25) is 0 Å². The van der Waals surface area contributed by atoms with E-state index < -0.39 is 0 Å². The van der Waals surface area contributed by atoms with Crippen molar-refractivity contribution in [2.45, 2.75) is 32.9 Å². The van der Waals surface area contributed by atoms with E-state index in [-0.39, 0.29) is 6.04 Å². The van der Waals surface area contributed by atoms with Crippen molar-refractivity contribution >= 4 is 46.1 Å². The van der Waals surface area contributed by atoms with Gasteiger partial charge in [0.1, 0.15) is 0 Å². The van der Waals surface area contributed by atoms with Crippen molar-refractivity contribution in [1.29, 1.82) is 0 Å². The third kappa shape index (κ3) is 3.15. The van der Waals surface area contributed by atoms with Crippen molar-refractivity contribution in [3.8, 4) is 0 Å². The first-order valence-electron chi connectivity index (χ1n) is 6.31. The molecule has 1 atom stereocenters. The van der Waals surface area contributed by atoms with Crippen LogP contribution in [0.4, 0.5) is 0 Å². The van der Waals surface area contributed by atoms with Crippen LogP contribution in [0.1, 0.15) is 29.9 Å². The SMILES string of the molecule is CCn1nc(C)c(Cl)c1CC(NC)c1cc(Cl)sc1Cl. The zero-order chi connectivity index (χ0) is 14.9. The van der Waals surface area contributed by atoms with Gasteiger partial charge in [-0.05, 0) is 27.0 Å². The van der Waals surface area contributed by atoms with Gasteiger partial charge in [0.15, 0.2) is 0 Å². The minimum atomic E-state index is 0.0603. The van der Waals surface area contributed by atoms with Crippen LogP contribution in [0.5, 0.6) is 0 Å². The number of hydrogen-bond donors (Lipinski definition) is 1. The molecule has 0 aliphatic rings. The number of aromatic nitrogens is 2. The maximum Gasteiger partial charge on any atom is 0.0992 e. The predicted molar refractivity (Wildman–Crippen MR) is 87.5 cm³/mol. The van der Waals surface area contributed by atoms with Crippen LogP contribution in [-0.2, 0) is 13.0 Å². The lowest BCUT2D eigenvalue weighted by Crippen LogP contribution is -2.20. The summed E-state index contributed by atoms with van der Waals surface area (Å²) in [4.78, 5) is 0. The Morgan fingerprint density at radius 2 is 2.10 bits per heavy atom. The average Bonchev–Trinajstić information content (AvgIpc) is 2.88. The van der Waals surface area contributed by atoms with Crippen LogP contribution in [0.25, 0.3) is 0 Å². The molecule has 110 valence electrons. The Hall–Kier alpha value is -0.260. The first kappa shape index (κ1) is 16.1. The predicted octanol–water partition coefficient (Wildman–Crippen LogP) is 4.74. The van der Waals surface area contributed by atoms with Crippen LogP contribution in [0.15, 0.2) is 6.07 Å². The van der Waals surface area contributed by atoms with Crippen LogP contribution in [0, 0.1) is 6.92 Å². The second kappa shape index (κ2) is 6.67. The molecule has 0 aliphatic heterocycles. The van der Waals surface area contributed by atoms with Gasteiger partial charge in [0.25, 0.3) is 0 Å². The lowest BCUT2D eigenvalue weighted by molar-refractivity contribution is 0.542. The second-order valence-corrected chi connectivity index (χ2v) is 7.15. The standard InChI is InChI=1S/C13H16Cl3N3S/c1-4-19-10(12(15)7(2)18-19)6-9(17-3)8-5-11(14)20-13(8)16/h5,9,17H,4,6H2,1-3H3. The summed E-state index contributed by atoms with van der Waals surface area (Å²) in [5, 5.41) is 8.44. The number of aryl methyl sites for hydroxylation is 2. The molecule has 3 nitrogen and oxygen atoms in total. The number of halogens is 3. The molecule has 0 saturated heterocycles. The van der Waals surface area contributed by atoms with Crippen molar-refractivity contribution < 1.29 is 0 Å². The first-order valence-corrected chi connectivity index (χ1v) is 8.26. The Balaban J connectivity index is 2.34. The summed E-state index contributed by atoms with van der Waals surface area (Å²) in [6.45, 7) is 4.76. The molecule has 20 heavy (non-hydrogen) atoms. The minimum absolute atomic E-state index is 0.0603. The van der Waals surface area contributed by atoms with Gasteiger partial charge in [0.05, 0.1) is 25.1 Å². The quantitative estimate of drug-likeness (QED) is 0.842. The zero-order valence-electron chi connectivity index (χ0n) is 11.5. The fourth-order valence-electron chi connectivity index (χ4n) is 2.22. The smallest absolute Gasteiger partial charge is 0.0992 e. The molecule has 2 aromatic heterocycles. The second-order valence-electron chi connectivity index (χ2n) is 4.49. The monoisotopic (exact) mass is 351 g/mol. The van der Waals surface area contributed by atoms with Gasteiger partial charge in [-0.1, -0.05) is 34.8 Å². The van der Waals surface area contributed by atoms with Crippen molar-refractivity contribution in [3.63, 3.8) is 0 Å². The highest BCUT2D eigenvalue weighted by Crippen LogP contribution is 2.37. The maximum atomic E-state index is 6.36. The topological polar surface area (TPSA) is 29.9 Å². The molecule has 0 saturated carbocycles. The van der Waals surface area contributed by atoms with Crippen LogP contribution < -0.4 is 5.32 Å². The van der Waals surface area contributed by atoms with E-state index >= 15 is 0 Å². The third-order valence-electron chi connectivity index (χ3n) is 3.26. The normalized spacial score (nSPS) is 12.9. The molecule has 2 heterocycles. The van der Waals surface area contributed by atoms with Crippen LogP contribution in [-0.4, -0.2) is 16.8 Å². The highest BCUT2D eigenvalue weighted by Gasteiger charge is 2.21. The molecular weight excluding hydrogens is 337 g/mol. The number of hydrogen-bond acceptors (Lipinski definition) is 3. The van der Waals surface area contributed by atoms with Crippen molar-refractivity contribution in [2.24, 2.45) is 0 Å². The first-order chi connectivity index (χ1) is 9.47. The molecule has 2 rings (SSSR count). The molecule has 0 amide bonds. The van der Waals surface area contributed by atoms with E-state index in [1.165, 1.54) is 11.3 Å². The van der Waals surface area contributed by atoms with E-state index in [1.54, 1.807) is 0 Å². The summed E-state index contributed by atoms with van der Waals surface area (Å²) in [5.41, 5.74) is 2.87. The van der Waals surface area contributed by atoms with Gasteiger partial charge < -0.3 is 5.32 Å². The summed E-state index contributed by atoms with van der Waals surface area (Å²) >= 11 is 20.0. The van der Waals surface area contributed by atoms with Gasteiger partial charge in [-0.3, -0.25) is 4.68 Å². The zero-order valence-corrected chi connectivity index (χ0v) is 14.6. The molecule has 0 aliphatic carbocycles. The molecular formula is C13H16Cl3N3S. The van der Waals surface area contributed by atoms with E-state index in [2.05, 4.69) is 17.3 Å². The average molecular weight is 353 g/mol. The molecule has 0 fully saturated rings. The minimum Gasteiger partial charge on any atom is -0.313 e. The van der Waals surface area contributed by atoms with Crippen molar-refractivity contribution in [2.75, 3.05) is 7.05 Å². The summed E-state index contributed by atoms with van der Waals surface area (Å²) in [6, 6.07) is 1.97. The van der Waals surface area contributed by atoms with Gasteiger partial charge in [-0.2, -0.15) is 5.10 Å². The Kier molecular flexibility index (Phi) is 5.37. The lowest BCUT2D eigenvalue weighted by Gasteiger charge is -2.16. The molecule has 0 radical (unpaired) electrons. The maximum absolute atomic E-state index is 6.36. The summed E-state index contributed by atoms with van der Waals surface area (Å²) in [7, 11) is 1.90. The largest absolute Gasteiger partial charge is 0.313 e. The van der Waals surface area contributed by atoms with Gasteiger partial charge >= 0.3 is 0 Å². The van der Waals surface area contributed by atoms with Crippen LogP contribution in [0.2, 0.25) is 13.7 Å². The van der Waals surface area contributed by atoms with Crippen molar-refractivity contribution in [1.82, 2.24) is 15.1 Å². The van der Waals surface area contributed by atoms with E-state index in [9.17, 15) is 0 Å². The molecule has 0 spiro atoms. The van der Waals surface area contributed by atoms with E-state index in [4.69, 9.17) is 34.8 Å². The van der Waals surface area contributed by atoms with Gasteiger partial charge in [0, 0.05) is 24.6 Å². The molecule has 7 heteroatoms. The molecule has 1 unspecified atom stereocenters. The lowest BCUT2D eigenvalue weighted by atomic mass is 10.1. The van der Waals surface area contributed by atoms with Gasteiger partial charge in [-0.25, -0.2) is 0 Å². The Morgan fingerprint density at radius 3 is 2.60 bits per heavy atom. The Morgan fingerprint density at radius 1 is 1.40 bits per heavy atom. The fourth-order valence-corrected chi connectivity index (χ4v) is 4.01. The number of likely N-dealkylation sites (N-methyl/N-ethyl adjacent to an activating group) is 1. The van der Waals surface area contributed by atoms with E-state index in [0.717, 1.165) is 34.9 Å². The molecule has 0 aromatic carbocycles. The Bertz CT molecular complexity index is 606. The highest BCUT2D eigenvalue weighted by molar-refractivity contribution is 7.20. The third-order valence-corrected chi connectivity index (χ3v) is 5.27. The molecule has 0 bridgehead atoms. The Labute approximate surface area is 137 Å². The van der Waals surface area contributed by atoms with E-state index in [0.29, 0.717) is 8.67 Å². The summed E-state index contributed by atoms with van der Waals surface area (Å²) in [5.74, 6) is 0. The van der Waals surface area contributed by atoms with Crippen LogP contribution in [0.3, 0.4) is 0 Å². The highest BCUT2D eigenvalue weighted by atomic mass is 35.5. The summed E-state index contributed by atoms with van der Waals surface area (Å²) < 4.78 is 3.34. The van der Waals surface area contributed by atoms with Gasteiger partial charge in [-0.15, -0.1) is 11.3 Å². The number of nitrogens with zero attached hydrogens (tertiary/aromatic N) is 2. The number of thiophene rings is 1.